The van der Waals surface area contributed by atoms with E-state index in [0.717, 1.165) is 30.4 Å². The molecule has 0 saturated carbocycles. The highest BCUT2D eigenvalue weighted by molar-refractivity contribution is 5.92. The third-order valence-electron chi connectivity index (χ3n) is 5.71. The third kappa shape index (κ3) is 10.3. The van der Waals surface area contributed by atoms with E-state index in [4.69, 9.17) is 4.74 Å². The molecule has 0 aliphatic rings. The van der Waals surface area contributed by atoms with Crippen molar-refractivity contribution in [3.8, 4) is 6.07 Å². The second-order valence-corrected chi connectivity index (χ2v) is 10.7. The molecular formula is C28H44N4O4. The highest BCUT2D eigenvalue weighted by atomic mass is 16.6. The Hall–Kier alpha value is -3.08. The van der Waals surface area contributed by atoms with Gasteiger partial charge in [0.2, 0.25) is 11.8 Å². The second kappa shape index (κ2) is 14.5. The van der Waals surface area contributed by atoms with E-state index < -0.39 is 29.7 Å². The van der Waals surface area contributed by atoms with Gasteiger partial charge in [0.15, 0.2) is 0 Å². The summed E-state index contributed by atoms with van der Waals surface area (Å²) < 4.78 is 5.37. The van der Waals surface area contributed by atoms with E-state index in [9.17, 15) is 19.6 Å². The summed E-state index contributed by atoms with van der Waals surface area (Å²) in [5.74, 6) is -0.776. The van der Waals surface area contributed by atoms with E-state index in [-0.39, 0.29) is 18.4 Å². The van der Waals surface area contributed by atoms with Crippen molar-refractivity contribution < 1.29 is 19.1 Å². The van der Waals surface area contributed by atoms with Crippen LogP contribution in [-0.4, -0.2) is 47.5 Å². The van der Waals surface area contributed by atoms with Crippen molar-refractivity contribution in [1.82, 2.24) is 15.5 Å². The van der Waals surface area contributed by atoms with Crippen molar-refractivity contribution in [3.63, 3.8) is 0 Å². The zero-order chi connectivity index (χ0) is 27.5. The van der Waals surface area contributed by atoms with Crippen LogP contribution < -0.4 is 10.6 Å². The number of carbonyl (C=O) groups is 3. The molecule has 36 heavy (non-hydrogen) atoms. The van der Waals surface area contributed by atoms with Crippen LogP contribution >= 0.6 is 0 Å². The standard InChI is InChI=1S/C28H44N4O4/c1-9-10-11-15-30-25(33)24(22-13-12-20(4)21(5)18-22)32(16-14-29)26(34)23(17-19(2)3)31-27(35)36-28(6,7)8/h12-13,18-19,23-24H,9-11,15-17H2,1-8H3,(H,30,33)(H,31,35). The quantitative estimate of drug-likeness (QED) is 0.312. The van der Waals surface area contributed by atoms with Gasteiger partial charge in [-0.05, 0) is 70.1 Å². The molecule has 0 radical (unpaired) electrons. The van der Waals surface area contributed by atoms with E-state index in [1.54, 1.807) is 20.8 Å². The summed E-state index contributed by atoms with van der Waals surface area (Å²) >= 11 is 0. The lowest BCUT2D eigenvalue weighted by atomic mass is 9.97. The molecule has 1 rings (SSSR count). The van der Waals surface area contributed by atoms with Crippen molar-refractivity contribution in [1.29, 1.82) is 5.26 Å². The highest BCUT2D eigenvalue weighted by Gasteiger charge is 2.36. The topological polar surface area (TPSA) is 112 Å². The smallest absolute Gasteiger partial charge is 0.408 e. The number of ether oxygens (including phenoxy) is 1. The third-order valence-corrected chi connectivity index (χ3v) is 5.71. The minimum absolute atomic E-state index is 0.0702. The summed E-state index contributed by atoms with van der Waals surface area (Å²) in [6.07, 6.45) is 2.43. The first-order valence-corrected chi connectivity index (χ1v) is 12.8. The summed E-state index contributed by atoms with van der Waals surface area (Å²) in [5.41, 5.74) is 1.92. The predicted molar refractivity (Wildman–Crippen MR) is 141 cm³/mol. The molecule has 8 heteroatoms. The number of amides is 3. The molecule has 2 unspecified atom stereocenters. The van der Waals surface area contributed by atoms with E-state index in [2.05, 4.69) is 17.6 Å². The zero-order valence-corrected chi connectivity index (χ0v) is 23.2. The number of nitrogens with one attached hydrogen (secondary N) is 2. The summed E-state index contributed by atoms with van der Waals surface area (Å²) in [7, 11) is 0. The molecule has 0 bridgehead atoms. The van der Waals surface area contributed by atoms with Gasteiger partial charge >= 0.3 is 6.09 Å². The van der Waals surface area contributed by atoms with Crippen LogP contribution in [0.1, 0.15) is 90.0 Å². The fourth-order valence-corrected chi connectivity index (χ4v) is 3.81. The Bertz CT molecular complexity index is 930. The predicted octanol–water partition coefficient (Wildman–Crippen LogP) is 4.94. The van der Waals surface area contributed by atoms with Crippen molar-refractivity contribution >= 4 is 17.9 Å². The number of unbranched alkanes of at least 4 members (excludes halogenated alkanes) is 2. The van der Waals surface area contributed by atoms with Gasteiger partial charge in [0, 0.05) is 6.54 Å². The number of hydrogen-bond donors (Lipinski definition) is 2. The Morgan fingerprint density at radius 2 is 1.78 bits per heavy atom. The first kappa shape index (κ1) is 31.0. The molecule has 200 valence electrons. The Kier molecular flexibility index (Phi) is 12.4. The van der Waals surface area contributed by atoms with Gasteiger partial charge in [0.25, 0.3) is 0 Å². The van der Waals surface area contributed by atoms with Crippen molar-refractivity contribution in [3.05, 3.63) is 34.9 Å². The minimum Gasteiger partial charge on any atom is -0.444 e. The van der Waals surface area contributed by atoms with Crippen LogP contribution in [0.5, 0.6) is 0 Å². The number of hydrogen-bond acceptors (Lipinski definition) is 5. The second-order valence-electron chi connectivity index (χ2n) is 10.7. The molecule has 3 amide bonds. The van der Waals surface area contributed by atoms with Crippen molar-refractivity contribution in [2.45, 2.75) is 98.8 Å². The summed E-state index contributed by atoms with van der Waals surface area (Å²) in [6.45, 7) is 15.3. The van der Waals surface area contributed by atoms with Gasteiger partial charge in [0.05, 0.1) is 6.07 Å². The average Bonchev–Trinajstić information content (AvgIpc) is 2.76. The number of nitriles is 1. The molecular weight excluding hydrogens is 456 g/mol. The number of carbonyl (C=O) groups excluding carboxylic acids is 3. The Balaban J connectivity index is 3.41. The first-order valence-electron chi connectivity index (χ1n) is 12.8. The maximum absolute atomic E-state index is 13.8. The average molecular weight is 501 g/mol. The number of alkyl carbamates (subject to hydrolysis) is 1. The zero-order valence-electron chi connectivity index (χ0n) is 23.2. The van der Waals surface area contributed by atoms with E-state index in [1.165, 1.54) is 4.90 Å². The van der Waals surface area contributed by atoms with Gasteiger partial charge in [-0.2, -0.15) is 5.26 Å². The molecule has 8 nitrogen and oxygen atoms in total. The van der Waals surface area contributed by atoms with Crippen LogP contribution in [0.3, 0.4) is 0 Å². The molecule has 0 saturated heterocycles. The van der Waals surface area contributed by atoms with Crippen LogP contribution in [0.25, 0.3) is 0 Å². The van der Waals surface area contributed by atoms with Gasteiger partial charge in [-0.3, -0.25) is 9.59 Å². The molecule has 0 spiro atoms. The molecule has 2 atom stereocenters. The summed E-state index contributed by atoms with van der Waals surface area (Å²) in [6, 6.07) is 5.68. The number of aryl methyl sites for hydroxylation is 2. The molecule has 0 heterocycles. The molecule has 1 aromatic rings. The summed E-state index contributed by atoms with van der Waals surface area (Å²) in [4.78, 5) is 41.1. The van der Waals surface area contributed by atoms with Gasteiger partial charge in [-0.25, -0.2) is 4.79 Å². The SMILES string of the molecule is CCCCCNC(=O)C(c1ccc(C)c(C)c1)N(CC#N)C(=O)C(CC(C)C)NC(=O)OC(C)(C)C. The minimum atomic E-state index is -1.01. The fourth-order valence-electron chi connectivity index (χ4n) is 3.81. The molecule has 2 N–H and O–H groups in total. The van der Waals surface area contributed by atoms with Gasteiger partial charge in [0.1, 0.15) is 24.2 Å². The van der Waals surface area contributed by atoms with Crippen LogP contribution in [0.15, 0.2) is 18.2 Å². The van der Waals surface area contributed by atoms with Crippen LogP contribution in [0.2, 0.25) is 0 Å². The molecule has 0 fully saturated rings. The first-order chi connectivity index (χ1) is 16.8. The lowest BCUT2D eigenvalue weighted by Crippen LogP contribution is -2.53. The van der Waals surface area contributed by atoms with Crippen LogP contribution in [-0.2, 0) is 14.3 Å². The van der Waals surface area contributed by atoms with Crippen molar-refractivity contribution in [2.24, 2.45) is 5.92 Å². The largest absolute Gasteiger partial charge is 0.444 e. The van der Waals surface area contributed by atoms with E-state index in [0.29, 0.717) is 18.5 Å². The number of nitrogens with zero attached hydrogens (tertiary/aromatic N) is 2. The Morgan fingerprint density at radius 3 is 2.31 bits per heavy atom. The maximum atomic E-state index is 13.8. The lowest BCUT2D eigenvalue weighted by Gasteiger charge is -2.33. The maximum Gasteiger partial charge on any atom is 0.408 e. The van der Waals surface area contributed by atoms with Gasteiger partial charge < -0.3 is 20.3 Å². The van der Waals surface area contributed by atoms with Crippen LogP contribution in [0, 0.1) is 31.1 Å². The molecule has 0 aliphatic carbocycles. The monoisotopic (exact) mass is 500 g/mol. The fraction of sp³-hybridized carbons (Fsp3) is 0.643. The highest BCUT2D eigenvalue weighted by Crippen LogP contribution is 2.25. The molecule has 1 aromatic carbocycles. The van der Waals surface area contributed by atoms with E-state index in [1.807, 2.05) is 52.0 Å². The van der Waals surface area contributed by atoms with E-state index >= 15 is 0 Å². The normalized spacial score (nSPS) is 12.9. The number of benzene rings is 1. The molecule has 0 aliphatic heterocycles. The van der Waals surface area contributed by atoms with Crippen molar-refractivity contribution in [2.75, 3.05) is 13.1 Å². The Morgan fingerprint density at radius 1 is 1.11 bits per heavy atom. The summed E-state index contributed by atoms with van der Waals surface area (Å²) in [5, 5.41) is 15.2. The lowest BCUT2D eigenvalue weighted by molar-refractivity contribution is -0.142. The van der Waals surface area contributed by atoms with Gasteiger partial charge in [-0.15, -0.1) is 0 Å². The number of rotatable bonds is 12. The molecule has 0 aromatic heterocycles. The van der Waals surface area contributed by atoms with Gasteiger partial charge in [-0.1, -0.05) is 51.8 Å². The Labute approximate surface area is 216 Å². The van der Waals surface area contributed by atoms with Crippen LogP contribution in [0.4, 0.5) is 4.79 Å².